The summed E-state index contributed by atoms with van der Waals surface area (Å²) in [5.74, 6) is 4.21. The summed E-state index contributed by atoms with van der Waals surface area (Å²) < 4.78 is 0. The Morgan fingerprint density at radius 2 is 2.20 bits per heavy atom. The van der Waals surface area contributed by atoms with Crippen molar-refractivity contribution < 1.29 is 9.63 Å². The summed E-state index contributed by atoms with van der Waals surface area (Å²) in [5.41, 5.74) is 5.43. The van der Waals surface area contributed by atoms with Crippen molar-refractivity contribution in [1.82, 2.24) is 0 Å². The molecule has 0 saturated carbocycles. The SMILES string of the molecule is CC[C@H](C)[C@H](N)C(=O)ON. The Bertz CT molecular complexity index is 116. The van der Waals surface area contributed by atoms with Crippen LogP contribution in [0.1, 0.15) is 20.3 Å². The van der Waals surface area contributed by atoms with Gasteiger partial charge in [0.05, 0.1) is 0 Å². The number of hydrogen-bond donors (Lipinski definition) is 2. The maximum absolute atomic E-state index is 10.6. The van der Waals surface area contributed by atoms with E-state index >= 15 is 0 Å². The number of rotatable bonds is 3. The fraction of sp³-hybridized carbons (Fsp3) is 0.833. The Labute approximate surface area is 60.5 Å². The highest BCUT2D eigenvalue weighted by Crippen LogP contribution is 2.05. The fourth-order valence-corrected chi connectivity index (χ4v) is 0.565. The summed E-state index contributed by atoms with van der Waals surface area (Å²) in [6.07, 6.45) is 0.844. The Morgan fingerprint density at radius 3 is 2.50 bits per heavy atom. The quantitative estimate of drug-likeness (QED) is 0.539. The van der Waals surface area contributed by atoms with Crippen LogP contribution in [0.5, 0.6) is 0 Å². The van der Waals surface area contributed by atoms with Crippen LogP contribution in [0.4, 0.5) is 0 Å². The number of hydrogen-bond acceptors (Lipinski definition) is 4. The minimum atomic E-state index is -0.588. The van der Waals surface area contributed by atoms with Gasteiger partial charge < -0.3 is 10.6 Å². The van der Waals surface area contributed by atoms with Gasteiger partial charge in [0.25, 0.3) is 0 Å². The molecule has 0 aromatic carbocycles. The summed E-state index contributed by atoms with van der Waals surface area (Å²) in [5, 5.41) is 0. The lowest BCUT2D eigenvalue weighted by Crippen LogP contribution is -2.39. The molecule has 4 heteroatoms. The molecule has 0 heterocycles. The van der Waals surface area contributed by atoms with Crippen LogP contribution in [0.2, 0.25) is 0 Å². The topological polar surface area (TPSA) is 78.3 Å². The van der Waals surface area contributed by atoms with Gasteiger partial charge in [-0.2, -0.15) is 5.90 Å². The van der Waals surface area contributed by atoms with E-state index in [4.69, 9.17) is 5.73 Å². The van der Waals surface area contributed by atoms with Gasteiger partial charge >= 0.3 is 5.97 Å². The Hall–Kier alpha value is -0.610. The molecule has 60 valence electrons. The summed E-state index contributed by atoms with van der Waals surface area (Å²) in [4.78, 5) is 14.6. The molecule has 0 aliphatic carbocycles. The minimum Gasteiger partial charge on any atom is -0.372 e. The highest BCUT2D eigenvalue weighted by molar-refractivity contribution is 5.75. The van der Waals surface area contributed by atoms with Gasteiger partial charge in [-0.05, 0) is 5.92 Å². The van der Waals surface area contributed by atoms with Crippen molar-refractivity contribution in [1.29, 1.82) is 0 Å². The van der Waals surface area contributed by atoms with Crippen LogP contribution in [-0.2, 0) is 9.63 Å². The average Bonchev–Trinajstić information content (AvgIpc) is 2.00. The molecule has 0 spiro atoms. The van der Waals surface area contributed by atoms with E-state index < -0.39 is 12.0 Å². The maximum Gasteiger partial charge on any atom is 0.341 e. The van der Waals surface area contributed by atoms with Gasteiger partial charge in [0, 0.05) is 0 Å². The van der Waals surface area contributed by atoms with Crippen LogP contribution in [0.25, 0.3) is 0 Å². The molecule has 4 N–H and O–H groups in total. The van der Waals surface area contributed by atoms with Gasteiger partial charge in [0.2, 0.25) is 0 Å². The number of nitrogens with two attached hydrogens (primary N) is 2. The molecule has 0 aromatic rings. The van der Waals surface area contributed by atoms with Crippen molar-refractivity contribution in [2.24, 2.45) is 17.5 Å². The van der Waals surface area contributed by atoms with Crippen molar-refractivity contribution in [2.75, 3.05) is 0 Å². The van der Waals surface area contributed by atoms with Gasteiger partial charge in [0.15, 0.2) is 0 Å². The Balaban J connectivity index is 3.81. The predicted molar refractivity (Wildman–Crippen MR) is 37.7 cm³/mol. The van der Waals surface area contributed by atoms with Crippen LogP contribution >= 0.6 is 0 Å². The third kappa shape index (κ3) is 2.33. The van der Waals surface area contributed by atoms with Crippen LogP contribution < -0.4 is 11.6 Å². The second kappa shape index (κ2) is 4.24. The third-order valence-electron chi connectivity index (χ3n) is 1.65. The molecular weight excluding hydrogens is 132 g/mol. The largest absolute Gasteiger partial charge is 0.372 e. The van der Waals surface area contributed by atoms with E-state index in [1.807, 2.05) is 13.8 Å². The highest BCUT2D eigenvalue weighted by Gasteiger charge is 2.19. The first-order chi connectivity index (χ1) is 4.63. The van der Waals surface area contributed by atoms with Crippen molar-refractivity contribution >= 4 is 5.97 Å². The predicted octanol–water partition coefficient (Wildman–Crippen LogP) is -0.223. The van der Waals surface area contributed by atoms with Crippen LogP contribution in [-0.4, -0.2) is 12.0 Å². The lowest BCUT2D eigenvalue weighted by molar-refractivity contribution is -0.147. The Kier molecular flexibility index (Phi) is 3.99. The van der Waals surface area contributed by atoms with Crippen LogP contribution in [0.3, 0.4) is 0 Å². The fourth-order valence-electron chi connectivity index (χ4n) is 0.565. The number of carbonyl (C=O) groups is 1. The maximum atomic E-state index is 10.6. The molecule has 10 heavy (non-hydrogen) atoms. The molecular formula is C6H14N2O2. The van der Waals surface area contributed by atoms with Crippen molar-refractivity contribution in [3.8, 4) is 0 Å². The van der Waals surface area contributed by atoms with E-state index in [0.717, 1.165) is 6.42 Å². The van der Waals surface area contributed by atoms with Gasteiger partial charge in [0.1, 0.15) is 6.04 Å². The molecule has 0 bridgehead atoms. The second-order valence-electron chi connectivity index (χ2n) is 2.35. The lowest BCUT2D eigenvalue weighted by atomic mass is 10.0. The molecule has 0 fully saturated rings. The zero-order chi connectivity index (χ0) is 8.15. The Morgan fingerprint density at radius 1 is 1.70 bits per heavy atom. The normalized spacial score (nSPS) is 16.0. The smallest absolute Gasteiger partial charge is 0.341 e. The van der Waals surface area contributed by atoms with E-state index in [1.165, 1.54) is 0 Å². The van der Waals surface area contributed by atoms with Gasteiger partial charge in [-0.25, -0.2) is 4.79 Å². The van der Waals surface area contributed by atoms with E-state index in [9.17, 15) is 4.79 Å². The third-order valence-corrected chi connectivity index (χ3v) is 1.65. The average molecular weight is 146 g/mol. The molecule has 0 aromatic heterocycles. The van der Waals surface area contributed by atoms with Crippen molar-refractivity contribution in [3.05, 3.63) is 0 Å². The zero-order valence-electron chi connectivity index (χ0n) is 6.33. The molecule has 0 amide bonds. The summed E-state index contributed by atoms with van der Waals surface area (Å²) in [7, 11) is 0. The molecule has 0 saturated heterocycles. The van der Waals surface area contributed by atoms with Gasteiger partial charge in [-0.3, -0.25) is 0 Å². The first-order valence-corrected chi connectivity index (χ1v) is 3.29. The summed E-state index contributed by atoms with van der Waals surface area (Å²) in [6, 6.07) is -0.588. The van der Waals surface area contributed by atoms with Gasteiger partial charge in [-0.1, -0.05) is 20.3 Å². The highest BCUT2D eigenvalue weighted by atomic mass is 16.7. The lowest BCUT2D eigenvalue weighted by Gasteiger charge is -2.14. The van der Waals surface area contributed by atoms with Crippen molar-refractivity contribution in [2.45, 2.75) is 26.3 Å². The van der Waals surface area contributed by atoms with E-state index in [0.29, 0.717) is 0 Å². The monoisotopic (exact) mass is 146 g/mol. The first-order valence-electron chi connectivity index (χ1n) is 3.29. The molecule has 4 nitrogen and oxygen atoms in total. The molecule has 0 unspecified atom stereocenters. The van der Waals surface area contributed by atoms with Crippen molar-refractivity contribution in [3.63, 3.8) is 0 Å². The van der Waals surface area contributed by atoms with Crippen LogP contribution in [0.15, 0.2) is 0 Å². The van der Waals surface area contributed by atoms with Crippen LogP contribution in [0, 0.1) is 5.92 Å². The van der Waals surface area contributed by atoms with E-state index in [2.05, 4.69) is 10.7 Å². The molecule has 0 radical (unpaired) electrons. The number of carbonyl (C=O) groups excluding carboxylic acids is 1. The first kappa shape index (κ1) is 9.39. The summed E-state index contributed by atoms with van der Waals surface area (Å²) in [6.45, 7) is 3.83. The van der Waals surface area contributed by atoms with E-state index in [1.54, 1.807) is 0 Å². The van der Waals surface area contributed by atoms with E-state index in [-0.39, 0.29) is 5.92 Å². The minimum absolute atomic E-state index is 0.121. The molecule has 2 atom stereocenters. The zero-order valence-corrected chi connectivity index (χ0v) is 6.33. The van der Waals surface area contributed by atoms with Gasteiger partial charge in [-0.15, -0.1) is 0 Å². The summed E-state index contributed by atoms with van der Waals surface area (Å²) >= 11 is 0. The molecule has 0 aliphatic heterocycles. The molecule has 0 rings (SSSR count). The standard InChI is InChI=1S/C6H14N2O2/c1-3-4(2)5(7)6(9)10-8/h4-5H,3,7-8H2,1-2H3/t4-,5-/m0/s1. The molecule has 0 aliphatic rings. The second-order valence-corrected chi connectivity index (χ2v) is 2.35.